The molecular weight excluding hydrogens is 522 g/mol. The molecule has 0 unspecified atom stereocenters. The van der Waals surface area contributed by atoms with Gasteiger partial charge in [0, 0.05) is 37.1 Å². The van der Waals surface area contributed by atoms with Gasteiger partial charge in [0.15, 0.2) is 11.4 Å². The minimum atomic E-state index is 0.0467. The number of ether oxygens (including phenoxy) is 1. The lowest BCUT2D eigenvalue weighted by Crippen LogP contribution is -2.01. The van der Waals surface area contributed by atoms with Crippen molar-refractivity contribution in [3.8, 4) is 17.0 Å². The number of hydrogen-bond acceptors (Lipinski definition) is 5. The Kier molecular flexibility index (Phi) is 19.9. The zero-order chi connectivity index (χ0) is 32.1. The highest BCUT2D eigenvalue weighted by Gasteiger charge is 2.14. The first kappa shape index (κ1) is 38.2. The number of carbonyl (C=O) groups is 2. The largest absolute Gasteiger partial charge is 0.496 e. The standard InChI is InChI=1S/C18H19N3O2.C8H10.C5H10O.C3H8.C2H6/c1-4-5-16(22)14-11-18-19-9-8-15(21(18)20-14)13-7-6-12(2)17(10-13)23-3;1-7-3-5-8(2)6-4-7;1-3-5(6)4-2;1-3-2;1-2/h6-11H,4-5H2,1-3H3;3-6H,1-2H3;3-4H2,1-2H3;3H2,1-2H3;1-2H3. The average Bonchev–Trinajstić information content (AvgIpc) is 3.46. The fourth-order valence-electron chi connectivity index (χ4n) is 3.47. The summed E-state index contributed by atoms with van der Waals surface area (Å²) in [6, 6.07) is 18.1. The lowest BCUT2D eigenvalue weighted by molar-refractivity contribution is -0.118. The molecule has 2 heterocycles. The summed E-state index contributed by atoms with van der Waals surface area (Å²) in [5.41, 5.74) is 6.71. The molecule has 0 fully saturated rings. The molecule has 2 aromatic heterocycles. The third kappa shape index (κ3) is 13.2. The number of fused-ring (bicyclic) bond motifs is 1. The first-order valence-electron chi connectivity index (χ1n) is 15.2. The van der Waals surface area contributed by atoms with Gasteiger partial charge in [-0.05, 0) is 44.9 Å². The Morgan fingerprint density at radius 3 is 1.81 bits per heavy atom. The Hall–Kier alpha value is -3.80. The molecule has 0 aliphatic carbocycles. The van der Waals surface area contributed by atoms with Gasteiger partial charge in [-0.2, -0.15) is 5.10 Å². The number of nitrogens with zero attached hydrogens (tertiary/aromatic N) is 3. The summed E-state index contributed by atoms with van der Waals surface area (Å²) in [6.07, 6.45) is 5.67. The van der Waals surface area contributed by atoms with Crippen LogP contribution in [-0.2, 0) is 4.79 Å². The highest BCUT2D eigenvalue weighted by atomic mass is 16.5. The van der Waals surface area contributed by atoms with Crippen molar-refractivity contribution in [1.82, 2.24) is 14.6 Å². The van der Waals surface area contributed by atoms with Crippen molar-refractivity contribution in [1.29, 1.82) is 0 Å². The third-order valence-electron chi connectivity index (χ3n) is 5.83. The van der Waals surface area contributed by atoms with E-state index >= 15 is 0 Å². The summed E-state index contributed by atoms with van der Waals surface area (Å²) in [5.74, 6) is 1.21. The number of rotatable bonds is 7. The van der Waals surface area contributed by atoms with Crippen molar-refractivity contribution >= 4 is 17.2 Å². The first-order chi connectivity index (χ1) is 20.1. The van der Waals surface area contributed by atoms with Crippen molar-refractivity contribution in [3.63, 3.8) is 0 Å². The van der Waals surface area contributed by atoms with Gasteiger partial charge in [-0.15, -0.1) is 0 Å². The third-order valence-corrected chi connectivity index (χ3v) is 5.83. The molecule has 0 aliphatic rings. The van der Waals surface area contributed by atoms with E-state index in [9.17, 15) is 9.59 Å². The minimum absolute atomic E-state index is 0.0467. The molecule has 0 atom stereocenters. The van der Waals surface area contributed by atoms with E-state index in [-0.39, 0.29) is 5.78 Å². The molecule has 230 valence electrons. The highest BCUT2D eigenvalue weighted by Crippen LogP contribution is 2.27. The van der Waals surface area contributed by atoms with Crippen LogP contribution in [0.15, 0.2) is 60.8 Å². The minimum Gasteiger partial charge on any atom is -0.496 e. The monoisotopic (exact) mass is 575 g/mol. The molecule has 0 radical (unpaired) electrons. The SMILES string of the molecule is CC.CCC.CCC(=O)CC.CCCC(=O)c1cc2nccc(-c3ccc(C)c(OC)c3)n2n1.Cc1ccc(C)cc1. The lowest BCUT2D eigenvalue weighted by Gasteiger charge is -2.09. The van der Waals surface area contributed by atoms with Gasteiger partial charge in [-0.3, -0.25) is 9.59 Å². The van der Waals surface area contributed by atoms with Gasteiger partial charge in [0.1, 0.15) is 17.2 Å². The van der Waals surface area contributed by atoms with E-state index in [0.717, 1.165) is 29.0 Å². The van der Waals surface area contributed by atoms with Crippen LogP contribution in [0.25, 0.3) is 16.9 Å². The fourth-order valence-corrected chi connectivity index (χ4v) is 3.47. The van der Waals surface area contributed by atoms with Crippen molar-refractivity contribution in [3.05, 3.63) is 83.2 Å². The summed E-state index contributed by atoms with van der Waals surface area (Å²) in [5, 5.41) is 4.45. The van der Waals surface area contributed by atoms with E-state index in [1.165, 1.54) is 17.5 Å². The van der Waals surface area contributed by atoms with Gasteiger partial charge in [0.05, 0.1) is 12.8 Å². The maximum atomic E-state index is 12.1. The zero-order valence-corrected chi connectivity index (χ0v) is 27.9. The number of carbonyl (C=O) groups excluding carboxylic acids is 2. The summed E-state index contributed by atoms with van der Waals surface area (Å²) in [4.78, 5) is 26.6. The second-order valence-electron chi connectivity index (χ2n) is 9.59. The molecule has 42 heavy (non-hydrogen) atoms. The van der Waals surface area contributed by atoms with Crippen LogP contribution in [0.5, 0.6) is 5.75 Å². The molecule has 0 aliphatic heterocycles. The van der Waals surface area contributed by atoms with Crippen LogP contribution in [0.4, 0.5) is 0 Å². The number of hydrogen-bond donors (Lipinski definition) is 0. The molecule has 0 spiro atoms. The van der Waals surface area contributed by atoms with E-state index in [1.807, 2.05) is 65.8 Å². The Morgan fingerprint density at radius 2 is 1.36 bits per heavy atom. The van der Waals surface area contributed by atoms with Crippen molar-refractivity contribution in [2.45, 2.75) is 101 Å². The summed E-state index contributed by atoms with van der Waals surface area (Å²) in [6.45, 7) is 20.2. The second kappa shape index (κ2) is 21.9. The summed E-state index contributed by atoms with van der Waals surface area (Å²) >= 11 is 0. The molecule has 0 saturated heterocycles. The van der Waals surface area contributed by atoms with Gasteiger partial charge in [0.25, 0.3) is 0 Å². The van der Waals surface area contributed by atoms with Crippen LogP contribution in [-0.4, -0.2) is 33.3 Å². The Morgan fingerprint density at radius 1 is 0.810 bits per heavy atom. The quantitative estimate of drug-likeness (QED) is 0.205. The smallest absolute Gasteiger partial charge is 0.183 e. The fraction of sp³-hybridized carbons (Fsp3) is 0.444. The summed E-state index contributed by atoms with van der Waals surface area (Å²) in [7, 11) is 1.66. The van der Waals surface area contributed by atoms with Crippen LogP contribution in [0, 0.1) is 20.8 Å². The molecular formula is C36H53N3O3. The Balaban J connectivity index is 0.000000724. The number of Topliss-reactive ketones (excluding diaryl/α,β-unsaturated/α-hetero) is 2. The van der Waals surface area contributed by atoms with Gasteiger partial charge in [-0.25, -0.2) is 9.50 Å². The zero-order valence-electron chi connectivity index (χ0n) is 27.9. The predicted octanol–water partition coefficient (Wildman–Crippen LogP) is 9.82. The molecule has 2 aromatic carbocycles. The van der Waals surface area contributed by atoms with Crippen LogP contribution in [0.1, 0.15) is 108 Å². The van der Waals surface area contributed by atoms with Gasteiger partial charge < -0.3 is 4.74 Å². The maximum absolute atomic E-state index is 12.1. The van der Waals surface area contributed by atoms with E-state index in [2.05, 4.69) is 62.0 Å². The van der Waals surface area contributed by atoms with E-state index < -0.39 is 0 Å². The average molecular weight is 576 g/mol. The van der Waals surface area contributed by atoms with E-state index in [4.69, 9.17) is 4.74 Å². The van der Waals surface area contributed by atoms with Crippen molar-refractivity contribution < 1.29 is 14.3 Å². The Labute approximate surface area is 254 Å². The highest BCUT2D eigenvalue weighted by molar-refractivity contribution is 5.95. The van der Waals surface area contributed by atoms with Gasteiger partial charge in [-0.1, -0.05) is 102 Å². The summed E-state index contributed by atoms with van der Waals surface area (Å²) < 4.78 is 7.11. The van der Waals surface area contributed by atoms with Crippen LogP contribution in [0.3, 0.4) is 0 Å². The van der Waals surface area contributed by atoms with Crippen LogP contribution >= 0.6 is 0 Å². The lowest BCUT2D eigenvalue weighted by atomic mass is 10.1. The molecule has 4 aromatic rings. The number of benzene rings is 2. The first-order valence-corrected chi connectivity index (χ1v) is 15.2. The molecule has 4 rings (SSSR count). The number of ketones is 2. The molecule has 6 nitrogen and oxygen atoms in total. The normalized spacial score (nSPS) is 9.50. The predicted molar refractivity (Wildman–Crippen MR) is 178 cm³/mol. The molecule has 6 heteroatoms. The number of methoxy groups -OCH3 is 1. The molecule has 0 N–H and O–H groups in total. The maximum Gasteiger partial charge on any atom is 0.183 e. The number of aryl methyl sites for hydroxylation is 3. The van der Waals surface area contributed by atoms with E-state index in [1.54, 1.807) is 23.9 Å². The Bertz CT molecular complexity index is 1300. The number of aromatic nitrogens is 3. The van der Waals surface area contributed by atoms with Crippen LogP contribution in [0.2, 0.25) is 0 Å². The molecule has 0 saturated carbocycles. The molecule has 0 amide bonds. The second-order valence-corrected chi connectivity index (χ2v) is 9.59. The van der Waals surface area contributed by atoms with Crippen molar-refractivity contribution in [2.24, 2.45) is 0 Å². The molecule has 0 bridgehead atoms. The van der Waals surface area contributed by atoms with E-state index in [0.29, 0.717) is 36.4 Å². The van der Waals surface area contributed by atoms with Crippen LogP contribution < -0.4 is 4.74 Å². The van der Waals surface area contributed by atoms with Gasteiger partial charge >= 0.3 is 0 Å². The topological polar surface area (TPSA) is 73.6 Å². The van der Waals surface area contributed by atoms with Crippen molar-refractivity contribution in [2.75, 3.05) is 7.11 Å². The van der Waals surface area contributed by atoms with Gasteiger partial charge in [0.2, 0.25) is 0 Å².